The van der Waals surface area contributed by atoms with Crippen molar-refractivity contribution in [1.29, 1.82) is 5.26 Å². The molecule has 1 aromatic carbocycles. The number of rotatable bonds is 5. The van der Waals surface area contributed by atoms with Crippen LogP contribution in [0.3, 0.4) is 0 Å². The topological polar surface area (TPSA) is 73.6 Å². The molecule has 5 nitrogen and oxygen atoms in total. The fourth-order valence-electron chi connectivity index (χ4n) is 1.81. The second-order valence-corrected chi connectivity index (χ2v) is 5.05. The Morgan fingerprint density at radius 2 is 2.10 bits per heavy atom. The van der Waals surface area contributed by atoms with Crippen LogP contribution in [0.2, 0.25) is 0 Å². The molecule has 0 radical (unpaired) electrons. The van der Waals surface area contributed by atoms with Gasteiger partial charge in [0.25, 0.3) is 5.91 Å². The zero-order chi connectivity index (χ0) is 16.0. The van der Waals surface area contributed by atoms with Gasteiger partial charge in [-0.25, -0.2) is 0 Å². The lowest BCUT2D eigenvalue weighted by molar-refractivity contribution is -0.126. The van der Waals surface area contributed by atoms with Gasteiger partial charge in [-0.2, -0.15) is 5.26 Å². The Balaban J connectivity index is 3.24. The average molecular weight is 353 g/mol. The molecule has 1 aromatic rings. The number of hydrogen-bond donors (Lipinski definition) is 1. The third kappa shape index (κ3) is 3.99. The van der Waals surface area contributed by atoms with E-state index in [1.807, 2.05) is 19.9 Å². The first-order valence-electron chi connectivity index (χ1n) is 6.46. The molecule has 0 saturated carbocycles. The van der Waals surface area contributed by atoms with Crippen LogP contribution in [0.5, 0.6) is 11.5 Å². The highest BCUT2D eigenvalue weighted by Crippen LogP contribution is 2.33. The number of hydrogen-bond acceptors (Lipinski definition) is 4. The molecule has 1 rings (SSSR count). The van der Waals surface area contributed by atoms with Crippen LogP contribution in [-0.2, 0) is 4.79 Å². The summed E-state index contributed by atoms with van der Waals surface area (Å²) in [5.41, 5.74) is 0.550. The molecular formula is C15H17BrN2O3. The van der Waals surface area contributed by atoms with Crippen LogP contribution in [0.25, 0.3) is 6.08 Å². The molecule has 0 saturated heterocycles. The van der Waals surface area contributed by atoms with Gasteiger partial charge in [0, 0.05) is 17.6 Å². The Morgan fingerprint density at radius 3 is 2.57 bits per heavy atom. The lowest BCUT2D eigenvalue weighted by atomic mass is 10.1. The molecule has 0 aromatic heterocycles. The molecule has 1 amide bonds. The summed E-state index contributed by atoms with van der Waals surface area (Å²) in [6, 6.07) is 4.93. The van der Waals surface area contributed by atoms with Crippen molar-refractivity contribution in [1.82, 2.24) is 4.90 Å². The molecule has 112 valence electrons. The summed E-state index contributed by atoms with van der Waals surface area (Å²) in [6.45, 7) is 4.77. The third-order valence-corrected chi connectivity index (χ3v) is 3.69. The van der Waals surface area contributed by atoms with Gasteiger partial charge < -0.3 is 14.7 Å². The predicted octanol–water partition coefficient (Wildman–Crippen LogP) is 2.94. The summed E-state index contributed by atoms with van der Waals surface area (Å²) in [7, 11) is 1.45. The van der Waals surface area contributed by atoms with E-state index in [0.717, 1.165) is 0 Å². The minimum absolute atomic E-state index is 0.0176. The van der Waals surface area contributed by atoms with Crippen LogP contribution < -0.4 is 4.74 Å². The van der Waals surface area contributed by atoms with Gasteiger partial charge in [-0.1, -0.05) is 15.9 Å². The van der Waals surface area contributed by atoms with Crippen molar-refractivity contribution in [3.05, 3.63) is 27.7 Å². The number of benzene rings is 1. The van der Waals surface area contributed by atoms with E-state index < -0.39 is 0 Å². The van der Waals surface area contributed by atoms with Crippen LogP contribution in [0, 0.1) is 11.3 Å². The number of methoxy groups -OCH3 is 1. The summed E-state index contributed by atoms with van der Waals surface area (Å²) < 4.78 is 5.61. The summed E-state index contributed by atoms with van der Waals surface area (Å²) >= 11 is 3.33. The van der Waals surface area contributed by atoms with Crippen molar-refractivity contribution in [2.45, 2.75) is 13.8 Å². The molecule has 0 atom stereocenters. The van der Waals surface area contributed by atoms with E-state index in [0.29, 0.717) is 28.9 Å². The van der Waals surface area contributed by atoms with Gasteiger partial charge in [0.15, 0.2) is 11.5 Å². The zero-order valence-electron chi connectivity index (χ0n) is 12.2. The van der Waals surface area contributed by atoms with E-state index >= 15 is 0 Å². The fourth-order valence-corrected chi connectivity index (χ4v) is 2.25. The summed E-state index contributed by atoms with van der Waals surface area (Å²) in [5, 5.41) is 19.0. The van der Waals surface area contributed by atoms with E-state index in [4.69, 9.17) is 4.74 Å². The Morgan fingerprint density at radius 1 is 1.48 bits per heavy atom. The van der Waals surface area contributed by atoms with E-state index in [9.17, 15) is 15.2 Å². The van der Waals surface area contributed by atoms with Crippen molar-refractivity contribution in [3.8, 4) is 17.6 Å². The molecular weight excluding hydrogens is 336 g/mol. The van der Waals surface area contributed by atoms with Gasteiger partial charge in [0.1, 0.15) is 11.6 Å². The van der Waals surface area contributed by atoms with Crippen LogP contribution in [0.4, 0.5) is 0 Å². The van der Waals surface area contributed by atoms with Crippen LogP contribution in [-0.4, -0.2) is 36.1 Å². The van der Waals surface area contributed by atoms with Crippen molar-refractivity contribution in [2.24, 2.45) is 0 Å². The maximum absolute atomic E-state index is 12.2. The van der Waals surface area contributed by atoms with Crippen LogP contribution in [0.15, 0.2) is 22.2 Å². The first-order chi connectivity index (χ1) is 9.98. The van der Waals surface area contributed by atoms with Gasteiger partial charge in [-0.05, 0) is 37.6 Å². The number of ether oxygens (including phenoxy) is 1. The molecule has 0 spiro atoms. The number of amides is 1. The van der Waals surface area contributed by atoms with Crippen molar-refractivity contribution in [3.63, 3.8) is 0 Å². The lowest BCUT2D eigenvalue weighted by Crippen LogP contribution is -2.31. The molecule has 0 aliphatic heterocycles. The van der Waals surface area contributed by atoms with Gasteiger partial charge in [-0.3, -0.25) is 4.79 Å². The van der Waals surface area contributed by atoms with E-state index in [1.54, 1.807) is 11.0 Å². The monoisotopic (exact) mass is 352 g/mol. The quantitative estimate of drug-likeness (QED) is 0.653. The number of carbonyl (C=O) groups excluding carboxylic acids is 1. The summed E-state index contributed by atoms with van der Waals surface area (Å²) in [6.07, 6.45) is 1.45. The number of carbonyl (C=O) groups is 1. The van der Waals surface area contributed by atoms with Gasteiger partial charge >= 0.3 is 0 Å². The van der Waals surface area contributed by atoms with Crippen molar-refractivity contribution < 1.29 is 14.6 Å². The number of phenols is 1. The zero-order valence-corrected chi connectivity index (χ0v) is 13.8. The summed E-state index contributed by atoms with van der Waals surface area (Å²) in [4.78, 5) is 13.8. The Bertz CT molecular complexity index is 602. The number of likely N-dealkylation sites (N-methyl/N-ethyl adjacent to an activating group) is 1. The smallest absolute Gasteiger partial charge is 0.264 e. The Labute approximate surface area is 132 Å². The number of phenolic OH excluding ortho intramolecular Hbond substituents is 1. The molecule has 0 heterocycles. The molecule has 0 aliphatic rings. The maximum atomic E-state index is 12.2. The molecule has 0 unspecified atom stereocenters. The SMILES string of the molecule is CCN(CC)C(=O)/C(C#N)=C/c1cc(O)c(OC)cc1Br. The Kier molecular flexibility index (Phi) is 6.25. The largest absolute Gasteiger partial charge is 0.504 e. The molecule has 0 aliphatic carbocycles. The highest BCUT2D eigenvalue weighted by Gasteiger charge is 2.16. The number of nitriles is 1. The summed E-state index contributed by atoms with van der Waals surface area (Å²) in [5.74, 6) is -0.0724. The minimum Gasteiger partial charge on any atom is -0.504 e. The molecule has 0 bridgehead atoms. The molecule has 21 heavy (non-hydrogen) atoms. The van der Waals surface area contributed by atoms with E-state index in [1.165, 1.54) is 19.3 Å². The van der Waals surface area contributed by atoms with E-state index in [2.05, 4.69) is 15.9 Å². The highest BCUT2D eigenvalue weighted by molar-refractivity contribution is 9.10. The first kappa shape index (κ1) is 17.1. The normalized spacial score (nSPS) is 10.9. The van der Waals surface area contributed by atoms with Gasteiger partial charge in [-0.15, -0.1) is 0 Å². The standard InChI is InChI=1S/C15H17BrN2O3/c1-4-18(5-2)15(20)11(9-17)6-10-7-13(19)14(21-3)8-12(10)16/h6-8,19H,4-5H2,1-3H3/b11-6+. The third-order valence-electron chi connectivity index (χ3n) is 3.00. The van der Waals surface area contributed by atoms with Gasteiger partial charge in [0.2, 0.25) is 0 Å². The minimum atomic E-state index is -0.329. The second kappa shape index (κ2) is 7.70. The van der Waals surface area contributed by atoms with E-state index in [-0.39, 0.29) is 17.2 Å². The lowest BCUT2D eigenvalue weighted by Gasteiger charge is -2.17. The van der Waals surface area contributed by atoms with Crippen LogP contribution >= 0.6 is 15.9 Å². The maximum Gasteiger partial charge on any atom is 0.264 e. The Hall–Kier alpha value is -2.00. The van der Waals surface area contributed by atoms with Crippen LogP contribution in [0.1, 0.15) is 19.4 Å². The average Bonchev–Trinajstić information content (AvgIpc) is 2.48. The van der Waals surface area contributed by atoms with Gasteiger partial charge in [0.05, 0.1) is 7.11 Å². The number of aromatic hydroxyl groups is 1. The van der Waals surface area contributed by atoms with Crippen molar-refractivity contribution in [2.75, 3.05) is 20.2 Å². The molecule has 1 N–H and O–H groups in total. The fraction of sp³-hybridized carbons (Fsp3) is 0.333. The second-order valence-electron chi connectivity index (χ2n) is 4.19. The van der Waals surface area contributed by atoms with Crippen molar-refractivity contribution >= 4 is 27.9 Å². The number of nitrogens with zero attached hydrogens (tertiary/aromatic N) is 2. The highest BCUT2D eigenvalue weighted by atomic mass is 79.9. The predicted molar refractivity (Wildman–Crippen MR) is 83.9 cm³/mol. The first-order valence-corrected chi connectivity index (χ1v) is 7.25. The molecule has 0 fully saturated rings. The number of halogens is 1. The molecule has 6 heteroatoms.